The molecule has 176 valence electrons. The molecule has 0 radical (unpaired) electrons. The molecule has 0 amide bonds. The van der Waals surface area contributed by atoms with Gasteiger partial charge in [0.05, 0.1) is 17.7 Å². The van der Waals surface area contributed by atoms with Gasteiger partial charge in [0, 0.05) is 0 Å². The van der Waals surface area contributed by atoms with Crippen molar-refractivity contribution in [3.8, 4) is 0 Å². The Bertz CT molecular complexity index is 671. The summed E-state index contributed by atoms with van der Waals surface area (Å²) in [6.07, 6.45) is 4.33. The summed E-state index contributed by atoms with van der Waals surface area (Å²) in [5.74, 6) is -7.09. The van der Waals surface area contributed by atoms with Crippen molar-refractivity contribution in [1.82, 2.24) is 0 Å². The first-order valence-corrected chi connectivity index (χ1v) is 10.5. The van der Waals surface area contributed by atoms with Crippen molar-refractivity contribution in [2.45, 2.75) is 76.8 Å². The van der Waals surface area contributed by atoms with Crippen LogP contribution in [0.5, 0.6) is 0 Å². The summed E-state index contributed by atoms with van der Waals surface area (Å²) < 4.78 is 71.0. The fraction of sp³-hybridized carbons (Fsp3) is 0.636. The van der Waals surface area contributed by atoms with E-state index >= 15 is 0 Å². The zero-order valence-electron chi connectivity index (χ0n) is 17.6. The number of benzene rings is 1. The summed E-state index contributed by atoms with van der Waals surface area (Å²) in [4.78, 5) is 23.6. The molecular formula is C22H29F5O4. The maximum absolute atomic E-state index is 12.8. The second-order valence-electron chi connectivity index (χ2n) is 7.32. The second-order valence-corrected chi connectivity index (χ2v) is 7.32. The molecule has 0 aliphatic carbocycles. The zero-order chi connectivity index (χ0) is 23.3. The van der Waals surface area contributed by atoms with Gasteiger partial charge in [0.25, 0.3) is 0 Å². The van der Waals surface area contributed by atoms with Crippen LogP contribution in [0.15, 0.2) is 24.3 Å². The Morgan fingerprint density at radius 3 is 1.58 bits per heavy atom. The molecule has 0 spiro atoms. The third-order valence-electron chi connectivity index (χ3n) is 4.64. The number of carbonyl (C=O) groups is 2. The monoisotopic (exact) mass is 452 g/mol. The molecule has 9 heteroatoms. The Labute approximate surface area is 179 Å². The lowest BCUT2D eigenvalue weighted by Gasteiger charge is -2.19. The fourth-order valence-corrected chi connectivity index (χ4v) is 2.72. The van der Waals surface area contributed by atoms with Gasteiger partial charge < -0.3 is 9.47 Å². The lowest BCUT2D eigenvalue weighted by atomic mass is 10.1. The normalized spacial score (nSPS) is 11.9. The van der Waals surface area contributed by atoms with Gasteiger partial charge in [0.1, 0.15) is 0 Å². The van der Waals surface area contributed by atoms with E-state index in [9.17, 15) is 31.5 Å². The largest absolute Gasteiger partial charge is 0.462 e. The van der Waals surface area contributed by atoms with Crippen LogP contribution in [0, 0.1) is 0 Å². The molecule has 0 saturated carbocycles. The van der Waals surface area contributed by atoms with Crippen molar-refractivity contribution >= 4 is 11.9 Å². The first kappa shape index (κ1) is 26.8. The number of esters is 2. The maximum atomic E-state index is 12.8. The van der Waals surface area contributed by atoms with Crippen LogP contribution in [-0.2, 0) is 9.47 Å². The quantitative estimate of drug-likeness (QED) is 0.178. The first-order valence-electron chi connectivity index (χ1n) is 10.5. The molecule has 0 bridgehead atoms. The van der Waals surface area contributed by atoms with E-state index in [1.807, 2.05) is 0 Å². The molecule has 0 fully saturated rings. The summed E-state index contributed by atoms with van der Waals surface area (Å²) in [6.45, 7) is 0.318. The van der Waals surface area contributed by atoms with Crippen molar-refractivity contribution < 1.29 is 41.0 Å². The Morgan fingerprint density at radius 2 is 1.13 bits per heavy atom. The van der Waals surface area contributed by atoms with Crippen LogP contribution in [0.2, 0.25) is 0 Å². The van der Waals surface area contributed by atoms with E-state index in [1.165, 1.54) is 44.2 Å². The van der Waals surface area contributed by atoms with Crippen molar-refractivity contribution in [1.29, 1.82) is 0 Å². The third kappa shape index (κ3) is 10.1. The number of halogens is 5. The van der Waals surface area contributed by atoms with E-state index in [4.69, 9.17) is 4.74 Å². The number of hydrogen-bond donors (Lipinski definition) is 0. The molecule has 0 aromatic heterocycles. The number of ether oxygens (including phenoxy) is 2. The van der Waals surface area contributed by atoms with Crippen molar-refractivity contribution in [2.75, 3.05) is 13.2 Å². The number of alkyl halides is 5. The standard InChI is InChI=1S/C22H29F5O4/c1-2-3-4-5-6-7-8-9-10-15-30-19(28)17-11-13-18(14-12-17)20(29)31-16-21(23,24)22(25,26)27/h11-14H,2-10,15-16H2,1H3. The van der Waals surface area contributed by atoms with E-state index in [0.29, 0.717) is 0 Å². The highest BCUT2D eigenvalue weighted by Crippen LogP contribution is 2.35. The van der Waals surface area contributed by atoms with E-state index in [1.54, 1.807) is 0 Å². The average molecular weight is 452 g/mol. The van der Waals surface area contributed by atoms with Gasteiger partial charge in [0.15, 0.2) is 6.61 Å². The molecule has 0 unspecified atom stereocenters. The summed E-state index contributed by atoms with van der Waals surface area (Å²) >= 11 is 0. The highest BCUT2D eigenvalue weighted by atomic mass is 19.4. The third-order valence-corrected chi connectivity index (χ3v) is 4.64. The topological polar surface area (TPSA) is 52.6 Å². The van der Waals surface area contributed by atoms with Crippen LogP contribution in [0.3, 0.4) is 0 Å². The molecule has 0 heterocycles. The van der Waals surface area contributed by atoms with Gasteiger partial charge >= 0.3 is 24.0 Å². The second kappa shape index (κ2) is 13.3. The van der Waals surface area contributed by atoms with Gasteiger partial charge in [-0.25, -0.2) is 9.59 Å². The molecule has 31 heavy (non-hydrogen) atoms. The Hall–Kier alpha value is -2.19. The minimum absolute atomic E-state index is 0.132. The number of unbranched alkanes of at least 4 members (excludes halogenated alkanes) is 8. The van der Waals surface area contributed by atoms with Crippen LogP contribution in [-0.4, -0.2) is 37.3 Å². The fourth-order valence-electron chi connectivity index (χ4n) is 2.72. The van der Waals surface area contributed by atoms with Crippen molar-refractivity contribution in [3.05, 3.63) is 35.4 Å². The lowest BCUT2D eigenvalue weighted by Crippen LogP contribution is -2.41. The maximum Gasteiger partial charge on any atom is 0.456 e. The Kier molecular flexibility index (Phi) is 11.5. The summed E-state index contributed by atoms with van der Waals surface area (Å²) in [6, 6.07) is 4.64. The van der Waals surface area contributed by atoms with Gasteiger partial charge in [-0.15, -0.1) is 0 Å². The van der Waals surface area contributed by atoms with Crippen LogP contribution in [0.1, 0.15) is 85.4 Å². The molecule has 4 nitrogen and oxygen atoms in total. The smallest absolute Gasteiger partial charge is 0.456 e. The van der Waals surface area contributed by atoms with Crippen LogP contribution in [0.4, 0.5) is 22.0 Å². The minimum Gasteiger partial charge on any atom is -0.462 e. The highest BCUT2D eigenvalue weighted by molar-refractivity contribution is 5.93. The van der Waals surface area contributed by atoms with Gasteiger partial charge in [-0.3, -0.25) is 0 Å². The summed E-state index contributed by atoms with van der Waals surface area (Å²) in [7, 11) is 0. The van der Waals surface area contributed by atoms with Crippen molar-refractivity contribution in [3.63, 3.8) is 0 Å². The van der Waals surface area contributed by atoms with Gasteiger partial charge in [-0.05, 0) is 30.7 Å². The van der Waals surface area contributed by atoms with E-state index in [-0.39, 0.29) is 17.7 Å². The predicted molar refractivity (Wildman–Crippen MR) is 105 cm³/mol. The van der Waals surface area contributed by atoms with Gasteiger partial charge in [-0.1, -0.05) is 58.3 Å². The van der Waals surface area contributed by atoms with Gasteiger partial charge in [-0.2, -0.15) is 22.0 Å². The van der Waals surface area contributed by atoms with Crippen LogP contribution >= 0.6 is 0 Å². The molecule has 0 atom stereocenters. The zero-order valence-corrected chi connectivity index (χ0v) is 17.6. The molecule has 1 rings (SSSR count). The molecule has 0 N–H and O–H groups in total. The van der Waals surface area contributed by atoms with Crippen LogP contribution < -0.4 is 0 Å². The Morgan fingerprint density at radius 1 is 0.710 bits per heavy atom. The molecule has 0 saturated heterocycles. The van der Waals surface area contributed by atoms with E-state index < -0.39 is 30.6 Å². The molecule has 1 aromatic rings. The number of rotatable bonds is 14. The molecule has 0 aliphatic rings. The highest BCUT2D eigenvalue weighted by Gasteiger charge is 2.58. The predicted octanol–water partition coefficient (Wildman–Crippen LogP) is 6.73. The van der Waals surface area contributed by atoms with Gasteiger partial charge in [0.2, 0.25) is 0 Å². The summed E-state index contributed by atoms with van der Waals surface area (Å²) in [5.41, 5.74) is -0.124. The number of hydrogen-bond acceptors (Lipinski definition) is 4. The first-order chi connectivity index (χ1) is 14.6. The minimum atomic E-state index is -5.81. The molecule has 1 aromatic carbocycles. The SMILES string of the molecule is CCCCCCCCCCCOC(=O)c1ccc(C(=O)OCC(F)(F)C(F)(F)F)cc1. The van der Waals surface area contributed by atoms with E-state index in [0.717, 1.165) is 37.8 Å². The lowest BCUT2D eigenvalue weighted by molar-refractivity contribution is -0.292. The van der Waals surface area contributed by atoms with Crippen molar-refractivity contribution in [2.24, 2.45) is 0 Å². The average Bonchev–Trinajstić information content (AvgIpc) is 2.72. The number of carbonyl (C=O) groups excluding carboxylic acids is 2. The molecular weight excluding hydrogens is 423 g/mol. The molecule has 0 aliphatic heterocycles. The summed E-state index contributed by atoms with van der Waals surface area (Å²) in [5, 5.41) is 0. The Balaban J connectivity index is 2.30. The van der Waals surface area contributed by atoms with Crippen LogP contribution in [0.25, 0.3) is 0 Å². The van der Waals surface area contributed by atoms with E-state index in [2.05, 4.69) is 11.7 Å².